The number of carbonyl (C=O) groups is 1. The maximum atomic E-state index is 11.6. The van der Waals surface area contributed by atoms with E-state index in [-0.39, 0.29) is 18.7 Å². The summed E-state index contributed by atoms with van der Waals surface area (Å²) in [4.78, 5) is 11.6. The van der Waals surface area contributed by atoms with Gasteiger partial charge in [-0.2, -0.15) is 0 Å². The summed E-state index contributed by atoms with van der Waals surface area (Å²) in [5, 5.41) is 2.87. The Bertz CT molecular complexity index is 412. The second-order valence-corrected chi connectivity index (χ2v) is 4.27. The van der Waals surface area contributed by atoms with E-state index < -0.39 is 0 Å². The van der Waals surface area contributed by atoms with Gasteiger partial charge < -0.3 is 14.8 Å². The van der Waals surface area contributed by atoms with Gasteiger partial charge in [-0.15, -0.1) is 0 Å². The van der Waals surface area contributed by atoms with Crippen LogP contribution in [0.1, 0.15) is 25.8 Å². The summed E-state index contributed by atoms with van der Waals surface area (Å²) in [5.74, 6) is 0.664. The smallest absolute Gasteiger partial charge is 0.244 e. The van der Waals surface area contributed by atoms with Crippen LogP contribution in [0.4, 0.5) is 0 Å². The molecule has 0 aliphatic rings. The molecule has 0 bridgehead atoms. The first-order chi connectivity index (χ1) is 9.15. The predicted molar refractivity (Wildman–Crippen MR) is 75.9 cm³/mol. The van der Waals surface area contributed by atoms with Gasteiger partial charge in [0.25, 0.3) is 0 Å². The molecular formula is C15H21NO3. The van der Waals surface area contributed by atoms with E-state index in [1.54, 1.807) is 13.2 Å². The SMILES string of the molecule is CCC(C)NC(=O)/C=C/c1ccc(OCOC)cc1. The summed E-state index contributed by atoms with van der Waals surface area (Å²) in [6.07, 6.45) is 4.24. The van der Waals surface area contributed by atoms with Crippen molar-refractivity contribution in [1.82, 2.24) is 5.32 Å². The first kappa shape index (κ1) is 15.2. The van der Waals surface area contributed by atoms with Crippen LogP contribution in [0.5, 0.6) is 5.75 Å². The lowest BCUT2D eigenvalue weighted by molar-refractivity contribution is -0.117. The number of hydrogen-bond acceptors (Lipinski definition) is 3. The van der Waals surface area contributed by atoms with Crippen LogP contribution in [0.3, 0.4) is 0 Å². The van der Waals surface area contributed by atoms with Crippen LogP contribution >= 0.6 is 0 Å². The fourth-order valence-electron chi connectivity index (χ4n) is 1.37. The number of amides is 1. The minimum Gasteiger partial charge on any atom is -0.468 e. The van der Waals surface area contributed by atoms with Crippen molar-refractivity contribution < 1.29 is 14.3 Å². The molecule has 4 nitrogen and oxygen atoms in total. The zero-order valence-corrected chi connectivity index (χ0v) is 11.7. The van der Waals surface area contributed by atoms with Crippen LogP contribution in [0, 0.1) is 0 Å². The number of hydrogen-bond donors (Lipinski definition) is 1. The molecule has 0 spiro atoms. The Labute approximate surface area is 114 Å². The van der Waals surface area contributed by atoms with Gasteiger partial charge >= 0.3 is 0 Å². The number of benzene rings is 1. The third kappa shape index (κ3) is 6.06. The fourth-order valence-corrected chi connectivity index (χ4v) is 1.37. The molecule has 0 aliphatic heterocycles. The van der Waals surface area contributed by atoms with E-state index in [2.05, 4.69) is 5.32 Å². The van der Waals surface area contributed by atoms with Crippen molar-refractivity contribution in [1.29, 1.82) is 0 Å². The van der Waals surface area contributed by atoms with Crippen molar-refractivity contribution in [3.05, 3.63) is 35.9 Å². The number of carbonyl (C=O) groups excluding carboxylic acids is 1. The lowest BCUT2D eigenvalue weighted by Gasteiger charge is -2.08. The highest BCUT2D eigenvalue weighted by Crippen LogP contribution is 2.13. The van der Waals surface area contributed by atoms with Crippen molar-refractivity contribution in [2.45, 2.75) is 26.3 Å². The van der Waals surface area contributed by atoms with Crippen LogP contribution in [-0.2, 0) is 9.53 Å². The topological polar surface area (TPSA) is 47.6 Å². The summed E-state index contributed by atoms with van der Waals surface area (Å²) < 4.78 is 10.1. The molecule has 0 fully saturated rings. The van der Waals surface area contributed by atoms with E-state index >= 15 is 0 Å². The van der Waals surface area contributed by atoms with Crippen molar-refractivity contribution in [2.75, 3.05) is 13.9 Å². The van der Waals surface area contributed by atoms with E-state index in [0.29, 0.717) is 0 Å². The second-order valence-electron chi connectivity index (χ2n) is 4.27. The summed E-state index contributed by atoms with van der Waals surface area (Å²) in [6.45, 7) is 4.24. The normalized spacial score (nSPS) is 12.4. The molecule has 4 heteroatoms. The maximum Gasteiger partial charge on any atom is 0.244 e. The Kier molecular flexibility index (Phi) is 6.68. The Morgan fingerprint density at radius 1 is 1.37 bits per heavy atom. The van der Waals surface area contributed by atoms with E-state index in [4.69, 9.17) is 9.47 Å². The summed E-state index contributed by atoms with van der Waals surface area (Å²) in [6, 6.07) is 7.65. The Balaban J connectivity index is 2.50. The molecule has 0 aromatic heterocycles. The van der Waals surface area contributed by atoms with Gasteiger partial charge in [0.15, 0.2) is 6.79 Å². The third-order valence-corrected chi connectivity index (χ3v) is 2.65. The molecule has 0 aliphatic carbocycles. The highest BCUT2D eigenvalue weighted by Gasteiger charge is 2.00. The molecule has 1 aromatic rings. The van der Waals surface area contributed by atoms with Gasteiger partial charge in [0.05, 0.1) is 0 Å². The van der Waals surface area contributed by atoms with Gasteiger partial charge in [-0.05, 0) is 37.1 Å². The molecule has 1 atom stereocenters. The van der Waals surface area contributed by atoms with Crippen molar-refractivity contribution in [3.63, 3.8) is 0 Å². The predicted octanol–water partition coefficient (Wildman–Crippen LogP) is 2.60. The van der Waals surface area contributed by atoms with Gasteiger partial charge in [-0.1, -0.05) is 19.1 Å². The largest absolute Gasteiger partial charge is 0.468 e. The van der Waals surface area contributed by atoms with Crippen LogP contribution < -0.4 is 10.1 Å². The molecule has 1 amide bonds. The van der Waals surface area contributed by atoms with Gasteiger partial charge in [0, 0.05) is 19.2 Å². The number of methoxy groups -OCH3 is 1. The van der Waals surface area contributed by atoms with Crippen molar-refractivity contribution >= 4 is 12.0 Å². The van der Waals surface area contributed by atoms with E-state index in [9.17, 15) is 4.79 Å². The lowest BCUT2D eigenvalue weighted by Crippen LogP contribution is -2.30. The average Bonchev–Trinajstić information content (AvgIpc) is 2.43. The standard InChI is InChI=1S/C15H21NO3/c1-4-12(2)16-15(17)10-7-13-5-8-14(9-6-13)19-11-18-3/h5-10,12H,4,11H2,1-3H3,(H,16,17)/b10-7+. The second kappa shape index (κ2) is 8.32. The monoisotopic (exact) mass is 263 g/mol. The molecule has 1 aromatic carbocycles. The fraction of sp³-hybridized carbons (Fsp3) is 0.400. The van der Waals surface area contributed by atoms with Crippen molar-refractivity contribution in [2.24, 2.45) is 0 Å². The summed E-state index contributed by atoms with van der Waals surface area (Å²) in [5.41, 5.74) is 0.948. The molecule has 1 unspecified atom stereocenters. The van der Waals surface area contributed by atoms with Crippen molar-refractivity contribution in [3.8, 4) is 5.75 Å². The van der Waals surface area contributed by atoms with E-state index in [1.807, 2.05) is 38.1 Å². The maximum absolute atomic E-state index is 11.6. The highest BCUT2D eigenvalue weighted by molar-refractivity contribution is 5.91. The van der Waals surface area contributed by atoms with Crippen LogP contribution in [0.15, 0.2) is 30.3 Å². The molecule has 0 saturated carbocycles. The van der Waals surface area contributed by atoms with Crippen LogP contribution in [-0.4, -0.2) is 25.9 Å². The first-order valence-electron chi connectivity index (χ1n) is 6.36. The van der Waals surface area contributed by atoms with E-state index in [1.165, 1.54) is 6.08 Å². The van der Waals surface area contributed by atoms with Gasteiger partial charge in [0.1, 0.15) is 5.75 Å². The molecule has 0 saturated heterocycles. The quantitative estimate of drug-likeness (QED) is 0.607. The molecule has 0 heterocycles. The summed E-state index contributed by atoms with van der Waals surface area (Å²) >= 11 is 0. The Hall–Kier alpha value is -1.81. The molecule has 1 N–H and O–H groups in total. The highest BCUT2D eigenvalue weighted by atomic mass is 16.7. The van der Waals surface area contributed by atoms with E-state index in [0.717, 1.165) is 17.7 Å². The van der Waals surface area contributed by atoms with Crippen LogP contribution in [0.25, 0.3) is 6.08 Å². The molecule has 19 heavy (non-hydrogen) atoms. The summed E-state index contributed by atoms with van der Waals surface area (Å²) in [7, 11) is 1.58. The average molecular weight is 263 g/mol. The Morgan fingerprint density at radius 3 is 2.63 bits per heavy atom. The minimum absolute atomic E-state index is 0.0749. The number of nitrogens with one attached hydrogen (secondary N) is 1. The Morgan fingerprint density at radius 2 is 2.05 bits per heavy atom. The zero-order chi connectivity index (χ0) is 14.1. The molecule has 104 valence electrons. The molecular weight excluding hydrogens is 242 g/mol. The van der Waals surface area contributed by atoms with Gasteiger partial charge in [-0.25, -0.2) is 0 Å². The molecule has 0 radical (unpaired) electrons. The van der Waals surface area contributed by atoms with Gasteiger partial charge in [-0.3, -0.25) is 4.79 Å². The lowest BCUT2D eigenvalue weighted by atomic mass is 10.2. The first-order valence-corrected chi connectivity index (χ1v) is 6.36. The van der Waals surface area contributed by atoms with Crippen LogP contribution in [0.2, 0.25) is 0 Å². The van der Waals surface area contributed by atoms with Gasteiger partial charge in [0.2, 0.25) is 5.91 Å². The zero-order valence-electron chi connectivity index (χ0n) is 11.7. The third-order valence-electron chi connectivity index (χ3n) is 2.65. The minimum atomic E-state index is -0.0749. The molecule has 1 rings (SSSR count). The number of rotatable bonds is 7. The number of ether oxygens (including phenoxy) is 2.